The highest BCUT2D eigenvalue weighted by molar-refractivity contribution is 8.71. The summed E-state index contributed by atoms with van der Waals surface area (Å²) < 4.78 is 4.23. The fraction of sp³-hybridized carbons (Fsp3) is 0.0833. The van der Waals surface area contributed by atoms with Crippen LogP contribution >= 0.6 is 10.8 Å². The summed E-state index contributed by atoms with van der Waals surface area (Å²) in [6.45, 7) is 0. The van der Waals surface area contributed by atoms with Crippen molar-refractivity contribution in [1.29, 1.82) is 0 Å². The van der Waals surface area contributed by atoms with Gasteiger partial charge in [0.25, 0.3) is 0 Å². The maximum atomic E-state index is 11.7. The number of benzene rings is 1. The number of carbonyl (C=O) groups is 3. The molecule has 2 rings (SSSR count). The third kappa shape index (κ3) is 3.39. The molecule has 0 spiro atoms. The van der Waals surface area contributed by atoms with E-state index in [1.165, 1.54) is 10.8 Å². The molecule has 1 aromatic carbocycles. The molecule has 0 amide bonds. The molecule has 0 fully saturated rings. The summed E-state index contributed by atoms with van der Waals surface area (Å²) in [5, 5.41) is 10.0. The lowest BCUT2D eigenvalue weighted by atomic mass is 10.2. The highest BCUT2D eigenvalue weighted by atomic mass is 33.1. The van der Waals surface area contributed by atoms with Crippen LogP contribution in [0.3, 0.4) is 0 Å². The molecule has 0 saturated heterocycles. The second kappa shape index (κ2) is 5.94. The first-order chi connectivity index (χ1) is 9.08. The smallest absolute Gasteiger partial charge is 0.372 e. The van der Waals surface area contributed by atoms with Gasteiger partial charge in [0.1, 0.15) is 5.70 Å². The van der Waals surface area contributed by atoms with E-state index in [9.17, 15) is 14.4 Å². The molecule has 1 heterocycles. The zero-order valence-electron chi connectivity index (χ0n) is 9.61. The molecule has 19 heavy (non-hydrogen) atoms. The Labute approximate surface area is 115 Å². The number of hydrogen-bond donors (Lipinski definition) is 1. The van der Waals surface area contributed by atoms with Crippen LogP contribution in [0.1, 0.15) is 6.42 Å². The van der Waals surface area contributed by atoms with Gasteiger partial charge in [0.2, 0.25) is 5.78 Å². The number of carbonyl (C=O) groups excluding carboxylic acids is 2. The molecular formula is C12H9NO4S2. The third-order valence-electron chi connectivity index (χ3n) is 2.22. The minimum Gasteiger partial charge on any atom is -0.475 e. The largest absolute Gasteiger partial charge is 0.475 e. The Morgan fingerprint density at radius 2 is 1.89 bits per heavy atom. The molecule has 1 aromatic rings. The van der Waals surface area contributed by atoms with Crippen LogP contribution in [0.2, 0.25) is 0 Å². The highest BCUT2D eigenvalue weighted by Crippen LogP contribution is 2.31. The Morgan fingerprint density at radius 1 is 1.21 bits per heavy atom. The molecule has 1 N–H and O–H groups in total. The van der Waals surface area contributed by atoms with Gasteiger partial charge in [-0.15, -0.1) is 0 Å². The molecule has 0 radical (unpaired) electrons. The van der Waals surface area contributed by atoms with Crippen LogP contribution in [0.25, 0.3) is 0 Å². The predicted molar refractivity (Wildman–Crippen MR) is 72.4 cm³/mol. The van der Waals surface area contributed by atoms with Gasteiger partial charge in [0.15, 0.2) is 5.78 Å². The summed E-state index contributed by atoms with van der Waals surface area (Å²) in [5.74, 6) is -3.26. The summed E-state index contributed by atoms with van der Waals surface area (Å²) in [5.41, 5.74) is 0.173. The number of aliphatic carboxylic acids is 1. The number of allylic oxidation sites excluding steroid dienone is 1. The van der Waals surface area contributed by atoms with Crippen molar-refractivity contribution in [1.82, 2.24) is 0 Å². The van der Waals surface area contributed by atoms with Crippen molar-refractivity contribution < 1.29 is 19.5 Å². The molecule has 1 aliphatic heterocycles. The van der Waals surface area contributed by atoms with Gasteiger partial charge in [-0.1, -0.05) is 18.2 Å². The molecule has 98 valence electrons. The first kappa shape index (κ1) is 13.7. The Kier molecular flexibility index (Phi) is 4.28. The molecular weight excluding hydrogens is 286 g/mol. The van der Waals surface area contributed by atoms with Crippen molar-refractivity contribution in [2.75, 3.05) is 0 Å². The van der Waals surface area contributed by atoms with Gasteiger partial charge in [-0.05, 0) is 32.6 Å². The van der Waals surface area contributed by atoms with Gasteiger partial charge >= 0.3 is 5.97 Å². The van der Waals surface area contributed by atoms with Crippen LogP contribution in [0.5, 0.6) is 0 Å². The number of Topliss-reactive ketones (excluding diaryl/α,β-unsaturated/α-hetero) is 2. The van der Waals surface area contributed by atoms with Crippen LogP contribution in [0.15, 0.2) is 50.7 Å². The number of rotatable bonds is 5. The zero-order chi connectivity index (χ0) is 13.8. The van der Waals surface area contributed by atoms with Crippen molar-refractivity contribution >= 4 is 38.1 Å². The molecule has 0 aliphatic carbocycles. The van der Waals surface area contributed by atoms with E-state index in [-0.39, 0.29) is 5.70 Å². The van der Waals surface area contributed by atoms with Gasteiger partial charge in [-0.25, -0.2) is 9.16 Å². The maximum absolute atomic E-state index is 11.7. The van der Waals surface area contributed by atoms with Crippen LogP contribution in [0.4, 0.5) is 0 Å². The van der Waals surface area contributed by atoms with Crippen LogP contribution < -0.4 is 0 Å². The predicted octanol–water partition coefficient (Wildman–Crippen LogP) is 1.96. The normalized spacial score (nSPS) is 17.5. The third-order valence-corrected chi connectivity index (χ3v) is 5.40. The topological polar surface area (TPSA) is 83.8 Å². The first-order valence-electron chi connectivity index (χ1n) is 5.26. The van der Waals surface area contributed by atoms with Crippen LogP contribution in [-0.2, 0) is 24.1 Å². The van der Waals surface area contributed by atoms with Crippen molar-refractivity contribution in [2.45, 2.75) is 11.3 Å². The van der Waals surface area contributed by atoms with Crippen LogP contribution in [0, 0.1) is 0 Å². The highest BCUT2D eigenvalue weighted by Gasteiger charge is 2.22. The molecule has 1 unspecified atom stereocenters. The van der Waals surface area contributed by atoms with Crippen LogP contribution in [-0.4, -0.2) is 22.6 Å². The lowest BCUT2D eigenvalue weighted by molar-refractivity contribution is -0.150. The second-order valence-corrected chi connectivity index (χ2v) is 6.69. The number of carboxylic acids is 1. The van der Waals surface area contributed by atoms with E-state index in [4.69, 9.17) is 5.11 Å². The molecule has 1 aliphatic rings. The second-order valence-electron chi connectivity index (χ2n) is 3.58. The van der Waals surface area contributed by atoms with E-state index in [1.54, 1.807) is 5.41 Å². The fourth-order valence-corrected chi connectivity index (χ4v) is 4.30. The molecule has 0 bridgehead atoms. The van der Waals surface area contributed by atoms with E-state index < -0.39 is 33.7 Å². The Balaban J connectivity index is 2.08. The lowest BCUT2D eigenvalue weighted by Gasteiger charge is -1.99. The number of carboxylic acid groups (broad SMARTS) is 1. The number of ketones is 2. The number of nitrogens with zero attached hydrogens (tertiary/aromatic N) is 1. The summed E-state index contributed by atoms with van der Waals surface area (Å²) in [6, 6.07) is 9.46. The summed E-state index contributed by atoms with van der Waals surface area (Å²) in [4.78, 5) is 34.0. The molecule has 0 aromatic heterocycles. The summed E-state index contributed by atoms with van der Waals surface area (Å²) in [7, 11) is 0.890. The Hall–Kier alpha value is -1.73. The molecule has 0 saturated carbocycles. The first-order valence-corrected chi connectivity index (χ1v) is 7.83. The number of hydrogen-bond acceptors (Lipinski definition) is 5. The minimum absolute atomic E-state index is 0.173. The molecule has 5 nitrogen and oxygen atoms in total. The SMILES string of the molecule is O=C(O)C(=O)CC(=O)C1=CSS(c2ccccc2)=N1. The van der Waals surface area contributed by atoms with E-state index >= 15 is 0 Å². The van der Waals surface area contributed by atoms with E-state index in [1.807, 2.05) is 30.3 Å². The average molecular weight is 295 g/mol. The van der Waals surface area contributed by atoms with E-state index in [0.717, 1.165) is 4.90 Å². The van der Waals surface area contributed by atoms with Gasteiger partial charge in [-0.2, -0.15) is 0 Å². The van der Waals surface area contributed by atoms with Gasteiger partial charge < -0.3 is 5.11 Å². The van der Waals surface area contributed by atoms with Gasteiger partial charge in [-0.3, -0.25) is 9.59 Å². The standard InChI is InChI=1S/C12H9NO4S2/c14-10(6-11(15)12(16)17)9-7-18-19(13-9)8-4-2-1-3-5-8/h1-5,7H,6H2,(H,16,17). The van der Waals surface area contributed by atoms with Gasteiger partial charge in [0.05, 0.1) is 6.42 Å². The van der Waals surface area contributed by atoms with E-state index in [2.05, 4.69) is 4.36 Å². The fourth-order valence-electron chi connectivity index (χ4n) is 1.30. The van der Waals surface area contributed by atoms with Crippen molar-refractivity contribution in [3.8, 4) is 0 Å². The summed E-state index contributed by atoms with van der Waals surface area (Å²) in [6.07, 6.45) is -0.642. The Morgan fingerprint density at radius 3 is 2.53 bits per heavy atom. The minimum atomic E-state index is -1.60. The quantitative estimate of drug-likeness (QED) is 0.510. The van der Waals surface area contributed by atoms with E-state index in [0.29, 0.717) is 0 Å². The molecule has 7 heteroatoms. The van der Waals surface area contributed by atoms with Crippen molar-refractivity contribution in [2.24, 2.45) is 4.36 Å². The van der Waals surface area contributed by atoms with Crippen molar-refractivity contribution in [3.63, 3.8) is 0 Å². The van der Waals surface area contributed by atoms with Gasteiger partial charge in [0, 0.05) is 10.3 Å². The Bertz CT molecular complexity index is 607. The zero-order valence-corrected chi connectivity index (χ0v) is 11.2. The summed E-state index contributed by atoms with van der Waals surface area (Å²) >= 11 is 0. The monoisotopic (exact) mass is 295 g/mol. The average Bonchev–Trinajstić information content (AvgIpc) is 2.89. The van der Waals surface area contributed by atoms with Crippen molar-refractivity contribution in [3.05, 3.63) is 41.4 Å². The lowest BCUT2D eigenvalue weighted by Crippen LogP contribution is -2.17. The molecule has 1 atom stereocenters. The maximum Gasteiger partial charge on any atom is 0.372 e.